The highest BCUT2D eigenvalue weighted by Gasteiger charge is 2.32. The number of amides is 1. The lowest BCUT2D eigenvalue weighted by Crippen LogP contribution is -2.46. The highest BCUT2D eigenvalue weighted by atomic mass is 16.6. The van der Waals surface area contributed by atoms with Gasteiger partial charge in [0.05, 0.1) is 7.11 Å². The predicted molar refractivity (Wildman–Crippen MR) is 78.7 cm³/mol. The largest absolute Gasteiger partial charge is 0.496 e. The van der Waals surface area contributed by atoms with Crippen LogP contribution in [0.1, 0.15) is 32.4 Å². The first kappa shape index (κ1) is 17.8. The van der Waals surface area contributed by atoms with E-state index in [-0.39, 0.29) is 5.56 Å². The number of aliphatic hydroxyl groups excluding tert-OH is 1. The number of methoxy groups -OCH3 is 1. The second kappa shape index (κ2) is 7.13. The summed E-state index contributed by atoms with van der Waals surface area (Å²) in [4.78, 5) is 23.1. The Morgan fingerprint density at radius 2 is 1.82 bits per heavy atom. The molecule has 0 radical (unpaired) electrons. The Kier molecular flexibility index (Phi) is 5.76. The number of carboxylic acids is 1. The van der Waals surface area contributed by atoms with Crippen LogP contribution in [0.2, 0.25) is 0 Å². The maximum Gasteiger partial charge on any atom is 0.408 e. The maximum atomic E-state index is 11.7. The van der Waals surface area contributed by atoms with Crippen LogP contribution in [-0.2, 0) is 9.53 Å². The SMILES string of the molecule is COc1ccccc1[C@H](O)[C@H](NC(=O)OC(C)(C)C)C(=O)O. The molecule has 1 amide bonds. The number of aliphatic hydroxyl groups is 1. The summed E-state index contributed by atoms with van der Waals surface area (Å²) in [6.07, 6.45) is -2.41. The summed E-state index contributed by atoms with van der Waals surface area (Å²) < 4.78 is 10.1. The number of hydrogen-bond donors (Lipinski definition) is 3. The quantitative estimate of drug-likeness (QED) is 0.764. The van der Waals surface area contributed by atoms with Crippen molar-refractivity contribution in [2.24, 2.45) is 0 Å². The molecular formula is C15H21NO6. The van der Waals surface area contributed by atoms with E-state index in [1.807, 2.05) is 0 Å². The lowest BCUT2D eigenvalue weighted by atomic mass is 10.0. The van der Waals surface area contributed by atoms with Crippen molar-refractivity contribution in [3.05, 3.63) is 29.8 Å². The second-order valence-electron chi connectivity index (χ2n) is 5.65. The number of carbonyl (C=O) groups is 2. The highest BCUT2D eigenvalue weighted by Crippen LogP contribution is 2.27. The van der Waals surface area contributed by atoms with Crippen molar-refractivity contribution in [1.29, 1.82) is 0 Å². The summed E-state index contributed by atoms with van der Waals surface area (Å²) in [7, 11) is 1.41. The van der Waals surface area contributed by atoms with Gasteiger partial charge < -0.3 is 25.0 Å². The Hall–Kier alpha value is -2.28. The summed E-state index contributed by atoms with van der Waals surface area (Å²) >= 11 is 0. The Morgan fingerprint density at radius 1 is 1.23 bits per heavy atom. The molecule has 122 valence electrons. The van der Waals surface area contributed by atoms with Crippen LogP contribution in [0.25, 0.3) is 0 Å². The molecule has 7 heteroatoms. The lowest BCUT2D eigenvalue weighted by Gasteiger charge is -2.25. The van der Waals surface area contributed by atoms with Crippen LogP contribution in [0, 0.1) is 0 Å². The van der Waals surface area contributed by atoms with Crippen LogP contribution < -0.4 is 10.1 Å². The van der Waals surface area contributed by atoms with E-state index in [1.54, 1.807) is 39.0 Å². The molecule has 0 fully saturated rings. The number of aliphatic carboxylic acids is 1. The van der Waals surface area contributed by atoms with Crippen LogP contribution in [0.4, 0.5) is 4.79 Å². The van der Waals surface area contributed by atoms with Crippen molar-refractivity contribution in [3.63, 3.8) is 0 Å². The molecule has 0 aliphatic rings. The van der Waals surface area contributed by atoms with E-state index >= 15 is 0 Å². The molecule has 0 bridgehead atoms. The van der Waals surface area contributed by atoms with E-state index in [1.165, 1.54) is 13.2 Å². The number of carbonyl (C=O) groups excluding carboxylic acids is 1. The molecule has 1 aromatic carbocycles. The number of carboxylic acid groups (broad SMARTS) is 1. The fraction of sp³-hybridized carbons (Fsp3) is 0.467. The number of para-hydroxylation sites is 1. The van der Waals surface area contributed by atoms with Gasteiger partial charge in [-0.05, 0) is 26.8 Å². The lowest BCUT2D eigenvalue weighted by molar-refractivity contribution is -0.142. The van der Waals surface area contributed by atoms with Gasteiger partial charge in [0.25, 0.3) is 0 Å². The molecule has 0 spiro atoms. The summed E-state index contributed by atoms with van der Waals surface area (Å²) in [5.74, 6) is -1.06. The zero-order chi connectivity index (χ0) is 16.9. The molecule has 3 N–H and O–H groups in total. The third kappa shape index (κ3) is 4.92. The highest BCUT2D eigenvalue weighted by molar-refractivity contribution is 5.81. The average Bonchev–Trinajstić information content (AvgIpc) is 2.41. The Morgan fingerprint density at radius 3 is 2.32 bits per heavy atom. The molecule has 7 nitrogen and oxygen atoms in total. The summed E-state index contributed by atoms with van der Waals surface area (Å²) in [6, 6.07) is 4.87. The smallest absolute Gasteiger partial charge is 0.408 e. The van der Waals surface area contributed by atoms with Gasteiger partial charge in [-0.3, -0.25) is 0 Å². The molecule has 0 heterocycles. The van der Waals surface area contributed by atoms with E-state index in [0.717, 1.165) is 0 Å². The topological polar surface area (TPSA) is 105 Å². The van der Waals surface area contributed by atoms with Crippen LogP contribution in [0.15, 0.2) is 24.3 Å². The minimum atomic E-state index is -1.56. The number of hydrogen-bond acceptors (Lipinski definition) is 5. The molecule has 0 saturated heterocycles. The van der Waals surface area contributed by atoms with E-state index in [4.69, 9.17) is 9.47 Å². The van der Waals surface area contributed by atoms with Crippen molar-refractivity contribution >= 4 is 12.1 Å². The number of benzene rings is 1. The fourth-order valence-electron chi connectivity index (χ4n) is 1.80. The molecule has 0 aliphatic heterocycles. The number of alkyl carbamates (subject to hydrolysis) is 1. The first-order valence-corrected chi connectivity index (χ1v) is 6.69. The van der Waals surface area contributed by atoms with Crippen molar-refractivity contribution < 1.29 is 29.3 Å². The molecular weight excluding hydrogens is 290 g/mol. The monoisotopic (exact) mass is 311 g/mol. The summed E-state index contributed by atoms with van der Waals surface area (Å²) in [5.41, 5.74) is -0.517. The van der Waals surface area contributed by atoms with Crippen LogP contribution in [0.5, 0.6) is 5.75 Å². The van der Waals surface area contributed by atoms with Gasteiger partial charge in [0.1, 0.15) is 17.5 Å². The molecule has 22 heavy (non-hydrogen) atoms. The van der Waals surface area contributed by atoms with Gasteiger partial charge in [-0.25, -0.2) is 9.59 Å². The van der Waals surface area contributed by atoms with Gasteiger partial charge in [0.15, 0.2) is 6.04 Å². The van der Waals surface area contributed by atoms with E-state index in [2.05, 4.69) is 5.32 Å². The minimum absolute atomic E-state index is 0.258. The van der Waals surface area contributed by atoms with Gasteiger partial charge in [-0.15, -0.1) is 0 Å². The molecule has 1 rings (SSSR count). The van der Waals surface area contributed by atoms with E-state index in [0.29, 0.717) is 5.75 Å². The van der Waals surface area contributed by atoms with Gasteiger partial charge in [0.2, 0.25) is 0 Å². The van der Waals surface area contributed by atoms with Crippen LogP contribution in [-0.4, -0.2) is 41.0 Å². The summed E-state index contributed by atoms with van der Waals surface area (Å²) in [6.45, 7) is 4.96. The summed E-state index contributed by atoms with van der Waals surface area (Å²) in [5, 5.41) is 21.7. The first-order valence-electron chi connectivity index (χ1n) is 6.69. The van der Waals surface area contributed by atoms with Crippen molar-refractivity contribution in [2.45, 2.75) is 38.5 Å². The van der Waals surface area contributed by atoms with Gasteiger partial charge >= 0.3 is 12.1 Å². The van der Waals surface area contributed by atoms with Gasteiger partial charge in [-0.1, -0.05) is 18.2 Å². The zero-order valence-electron chi connectivity index (χ0n) is 13.0. The zero-order valence-corrected chi connectivity index (χ0v) is 13.0. The third-order valence-corrected chi connectivity index (χ3v) is 2.71. The van der Waals surface area contributed by atoms with Crippen molar-refractivity contribution in [2.75, 3.05) is 7.11 Å². The van der Waals surface area contributed by atoms with Crippen molar-refractivity contribution in [3.8, 4) is 5.75 Å². The maximum absolute atomic E-state index is 11.7. The Balaban J connectivity index is 2.96. The number of ether oxygens (including phenoxy) is 2. The van der Waals surface area contributed by atoms with Crippen LogP contribution in [0.3, 0.4) is 0 Å². The Labute approximate surface area is 128 Å². The minimum Gasteiger partial charge on any atom is -0.496 e. The van der Waals surface area contributed by atoms with Gasteiger partial charge in [0, 0.05) is 5.56 Å². The fourth-order valence-corrected chi connectivity index (χ4v) is 1.80. The Bertz CT molecular complexity index is 537. The standard InChI is InChI=1S/C15H21NO6/c1-15(2,3)22-14(20)16-11(13(18)19)12(17)9-7-5-6-8-10(9)21-4/h5-8,11-12,17H,1-4H3,(H,16,20)(H,18,19)/t11-,12-/m0/s1. The second-order valence-corrected chi connectivity index (χ2v) is 5.65. The molecule has 2 atom stereocenters. The van der Waals surface area contributed by atoms with Gasteiger partial charge in [-0.2, -0.15) is 0 Å². The number of rotatable bonds is 5. The molecule has 1 aromatic rings. The normalized spacial score (nSPS) is 13.9. The van der Waals surface area contributed by atoms with E-state index < -0.39 is 29.8 Å². The molecule has 0 unspecified atom stereocenters. The molecule has 0 aliphatic carbocycles. The molecule has 0 saturated carbocycles. The van der Waals surface area contributed by atoms with Crippen LogP contribution >= 0.6 is 0 Å². The third-order valence-electron chi connectivity index (χ3n) is 2.71. The predicted octanol–water partition coefficient (Wildman–Crippen LogP) is 1.71. The van der Waals surface area contributed by atoms with Crippen molar-refractivity contribution in [1.82, 2.24) is 5.32 Å². The average molecular weight is 311 g/mol. The first-order chi connectivity index (χ1) is 10.2. The number of nitrogens with one attached hydrogen (secondary N) is 1. The molecule has 0 aromatic heterocycles. The van der Waals surface area contributed by atoms with E-state index in [9.17, 15) is 19.8 Å².